The van der Waals surface area contributed by atoms with E-state index in [1.165, 1.54) is 0 Å². The number of rotatable bonds is 3. The maximum absolute atomic E-state index is 12.9. The Hall–Kier alpha value is -4.04. The predicted molar refractivity (Wildman–Crippen MR) is 133 cm³/mol. The molecule has 5 heterocycles. The molecule has 3 aliphatic heterocycles. The summed E-state index contributed by atoms with van der Waals surface area (Å²) >= 11 is 0. The van der Waals surface area contributed by atoms with Gasteiger partial charge in [-0.05, 0) is 61.3 Å². The Bertz CT molecular complexity index is 1520. The number of anilines is 1. The summed E-state index contributed by atoms with van der Waals surface area (Å²) < 4.78 is 0. The number of carbonyl (C=O) groups is 1. The molecule has 1 saturated heterocycles. The number of hydrogen-bond donors (Lipinski definition) is 2. The van der Waals surface area contributed by atoms with Crippen LogP contribution in [0.25, 0.3) is 22.3 Å². The Balaban J connectivity index is 1.19. The summed E-state index contributed by atoms with van der Waals surface area (Å²) in [5, 5.41) is 16.4. The van der Waals surface area contributed by atoms with Gasteiger partial charge in [0.05, 0.1) is 22.8 Å². The molecule has 2 aromatic carbocycles. The molecule has 1 unspecified atom stereocenters. The van der Waals surface area contributed by atoms with E-state index in [0.717, 1.165) is 64.9 Å². The minimum absolute atomic E-state index is 0.101. The molecule has 1 amide bonds. The van der Waals surface area contributed by atoms with Crippen molar-refractivity contribution in [3.63, 3.8) is 0 Å². The lowest BCUT2D eigenvalue weighted by Crippen LogP contribution is -2.44. The van der Waals surface area contributed by atoms with Gasteiger partial charge in [0.15, 0.2) is 5.82 Å². The van der Waals surface area contributed by atoms with Crippen LogP contribution in [0.15, 0.2) is 71.2 Å². The highest BCUT2D eigenvalue weighted by Crippen LogP contribution is 2.45. The Labute approximate surface area is 201 Å². The topological polar surface area (TPSA) is 105 Å². The van der Waals surface area contributed by atoms with Gasteiger partial charge in [-0.25, -0.2) is 9.97 Å². The molecule has 1 atom stereocenters. The van der Waals surface area contributed by atoms with Gasteiger partial charge in [0.25, 0.3) is 0 Å². The first-order valence-corrected chi connectivity index (χ1v) is 12.0. The fourth-order valence-corrected chi connectivity index (χ4v) is 5.57. The van der Waals surface area contributed by atoms with Crippen molar-refractivity contribution in [1.82, 2.24) is 20.3 Å². The number of nitrogens with zero attached hydrogens (tertiary/aromatic N) is 5. The second-order valence-electron chi connectivity index (χ2n) is 9.48. The number of pyridine rings is 1. The minimum Gasteiger partial charge on any atom is -0.325 e. The van der Waals surface area contributed by atoms with E-state index in [1.54, 1.807) is 12.4 Å². The van der Waals surface area contributed by atoms with E-state index in [0.29, 0.717) is 17.9 Å². The van der Waals surface area contributed by atoms with E-state index < -0.39 is 5.41 Å². The largest absolute Gasteiger partial charge is 0.325 e. The van der Waals surface area contributed by atoms with Crippen molar-refractivity contribution in [3.05, 3.63) is 77.7 Å². The molecule has 1 fully saturated rings. The monoisotopic (exact) mass is 461 g/mol. The van der Waals surface area contributed by atoms with E-state index in [4.69, 9.17) is 4.98 Å². The molecule has 4 aromatic rings. The van der Waals surface area contributed by atoms with Crippen molar-refractivity contribution in [2.75, 3.05) is 18.4 Å². The summed E-state index contributed by atoms with van der Waals surface area (Å²) in [5.41, 5.74) is 6.09. The third-order valence-corrected chi connectivity index (χ3v) is 7.45. The summed E-state index contributed by atoms with van der Waals surface area (Å²) in [6.45, 7) is 1.70. The van der Waals surface area contributed by atoms with Gasteiger partial charge in [0, 0.05) is 29.3 Å². The molecule has 2 N–H and O–H groups in total. The van der Waals surface area contributed by atoms with Crippen LogP contribution < -0.4 is 10.6 Å². The van der Waals surface area contributed by atoms with E-state index in [1.807, 2.05) is 24.3 Å². The average Bonchev–Trinajstić information content (AvgIpc) is 3.42. The molecule has 2 aromatic heterocycles. The highest BCUT2D eigenvalue weighted by molar-refractivity contribution is 6.06. The van der Waals surface area contributed by atoms with Crippen LogP contribution in [0.5, 0.6) is 0 Å². The van der Waals surface area contributed by atoms with Crippen molar-refractivity contribution >= 4 is 28.2 Å². The van der Waals surface area contributed by atoms with E-state index in [-0.39, 0.29) is 11.9 Å². The summed E-state index contributed by atoms with van der Waals surface area (Å²) in [7, 11) is 0. The number of aromatic nitrogens is 3. The summed E-state index contributed by atoms with van der Waals surface area (Å²) in [6.07, 6.45) is 5.88. The molecule has 0 saturated carbocycles. The Kier molecular flexibility index (Phi) is 4.50. The number of nitrogens with one attached hydrogen (secondary N) is 2. The van der Waals surface area contributed by atoms with Crippen molar-refractivity contribution in [2.45, 2.75) is 30.7 Å². The molecule has 7 rings (SSSR count). The zero-order valence-electron chi connectivity index (χ0n) is 19.0. The number of carbonyl (C=O) groups excluding carboxylic acids is 1. The van der Waals surface area contributed by atoms with E-state index in [9.17, 15) is 4.79 Å². The van der Waals surface area contributed by atoms with Gasteiger partial charge in [0.2, 0.25) is 5.91 Å². The lowest BCUT2D eigenvalue weighted by Gasteiger charge is -2.32. The summed E-state index contributed by atoms with van der Waals surface area (Å²) in [5.74, 6) is 0.719. The molecular formula is C27H23N7O. The highest BCUT2D eigenvalue weighted by Gasteiger charge is 2.47. The molecule has 8 nitrogen and oxygen atoms in total. The number of piperidine rings is 1. The number of fused-ring (bicyclic) bond motifs is 4. The molecule has 172 valence electrons. The van der Waals surface area contributed by atoms with Gasteiger partial charge in [-0.3, -0.25) is 9.78 Å². The number of benzene rings is 2. The van der Waals surface area contributed by atoms with Gasteiger partial charge < -0.3 is 10.6 Å². The smallest absolute Gasteiger partial charge is 0.235 e. The maximum Gasteiger partial charge on any atom is 0.235 e. The molecular weight excluding hydrogens is 438 g/mol. The molecule has 3 aliphatic rings. The van der Waals surface area contributed by atoms with Crippen LogP contribution in [-0.4, -0.2) is 33.9 Å². The van der Waals surface area contributed by atoms with Crippen LogP contribution in [-0.2, 0) is 16.6 Å². The number of hydrogen-bond acceptors (Lipinski definition) is 7. The van der Waals surface area contributed by atoms with Gasteiger partial charge in [-0.15, -0.1) is 0 Å². The van der Waals surface area contributed by atoms with Crippen LogP contribution >= 0.6 is 0 Å². The second-order valence-corrected chi connectivity index (χ2v) is 9.48. The van der Waals surface area contributed by atoms with Crippen LogP contribution in [0.1, 0.15) is 35.7 Å². The Morgan fingerprint density at radius 2 is 1.94 bits per heavy atom. The lowest BCUT2D eigenvalue weighted by molar-refractivity contribution is -0.121. The van der Waals surface area contributed by atoms with Gasteiger partial charge >= 0.3 is 0 Å². The van der Waals surface area contributed by atoms with Gasteiger partial charge in [0.1, 0.15) is 11.7 Å². The summed E-state index contributed by atoms with van der Waals surface area (Å²) in [4.78, 5) is 26.7. The molecule has 0 radical (unpaired) electrons. The zero-order valence-corrected chi connectivity index (χ0v) is 19.0. The van der Waals surface area contributed by atoms with Crippen molar-refractivity contribution < 1.29 is 4.79 Å². The normalized spacial score (nSPS) is 19.7. The summed E-state index contributed by atoms with van der Waals surface area (Å²) in [6, 6.07) is 16.2. The van der Waals surface area contributed by atoms with Crippen molar-refractivity contribution in [2.24, 2.45) is 10.2 Å². The fraction of sp³-hybridized carbons (Fsp3) is 0.259. The SMILES string of the molecule is O=C1Nc2cc(-c3ncc4c(n3)C(Cc3ccc5ncccc5c3)N=N4)ccc2C12CCNCC2. The molecule has 35 heavy (non-hydrogen) atoms. The first kappa shape index (κ1) is 20.3. The third-order valence-electron chi connectivity index (χ3n) is 7.45. The lowest BCUT2D eigenvalue weighted by atomic mass is 9.74. The third kappa shape index (κ3) is 3.24. The first-order chi connectivity index (χ1) is 17.2. The van der Waals surface area contributed by atoms with Crippen LogP contribution in [0.4, 0.5) is 11.4 Å². The van der Waals surface area contributed by atoms with Crippen molar-refractivity contribution in [1.29, 1.82) is 0 Å². The first-order valence-electron chi connectivity index (χ1n) is 12.0. The van der Waals surface area contributed by atoms with E-state index >= 15 is 0 Å². The Morgan fingerprint density at radius 3 is 2.86 bits per heavy atom. The molecule has 0 aliphatic carbocycles. The Morgan fingerprint density at radius 1 is 1.03 bits per heavy atom. The standard InChI is InChI=1S/C27H23N7O/c35-26-27(7-10-28-11-8-27)19-5-4-18(14-21(19)31-26)25-30-15-23-24(32-25)22(33-34-23)13-16-3-6-20-17(12-16)2-1-9-29-20/h1-6,9,12,14-15,22,28H,7-8,10-11,13H2,(H,31,35). The molecule has 8 heteroatoms. The van der Waals surface area contributed by atoms with Crippen molar-refractivity contribution in [3.8, 4) is 11.4 Å². The van der Waals surface area contributed by atoms with Crippen LogP contribution in [0.2, 0.25) is 0 Å². The maximum atomic E-state index is 12.9. The zero-order chi connectivity index (χ0) is 23.4. The van der Waals surface area contributed by atoms with Gasteiger partial charge in [-0.1, -0.05) is 24.3 Å². The fourth-order valence-electron chi connectivity index (χ4n) is 5.57. The quantitative estimate of drug-likeness (QED) is 0.462. The second kappa shape index (κ2) is 7.74. The van der Waals surface area contributed by atoms with Crippen LogP contribution in [0, 0.1) is 0 Å². The number of azo groups is 1. The highest BCUT2D eigenvalue weighted by atomic mass is 16.2. The van der Waals surface area contributed by atoms with E-state index in [2.05, 4.69) is 55.1 Å². The average molecular weight is 462 g/mol. The molecule has 1 spiro atoms. The molecule has 0 bridgehead atoms. The minimum atomic E-state index is -0.420. The van der Waals surface area contributed by atoms with Crippen LogP contribution in [0.3, 0.4) is 0 Å². The number of amides is 1. The predicted octanol–water partition coefficient (Wildman–Crippen LogP) is 4.65. The van der Waals surface area contributed by atoms with Gasteiger partial charge in [-0.2, -0.15) is 10.2 Å².